The smallest absolute Gasteiger partial charge is 0.245 e. The number of benzene rings is 1. The van der Waals surface area contributed by atoms with E-state index in [0.29, 0.717) is 36.6 Å². The first kappa shape index (κ1) is 25.0. The van der Waals surface area contributed by atoms with E-state index in [-0.39, 0.29) is 5.91 Å². The average Bonchev–Trinajstić information content (AvgIpc) is 3.47. The molecule has 1 aromatic heterocycles. The lowest BCUT2D eigenvalue weighted by Crippen LogP contribution is -2.56. The van der Waals surface area contributed by atoms with Crippen molar-refractivity contribution in [3.8, 4) is 11.5 Å². The summed E-state index contributed by atoms with van der Waals surface area (Å²) >= 11 is 0. The van der Waals surface area contributed by atoms with Crippen molar-refractivity contribution in [1.29, 1.82) is 0 Å². The number of ether oxygens (including phenoxy) is 2. The molecule has 1 saturated heterocycles. The molecule has 1 unspecified atom stereocenters. The summed E-state index contributed by atoms with van der Waals surface area (Å²) in [5, 5.41) is 6.34. The standard InChI is InChI=1S/C26H38N6O3/c1-18-17-28-25(29-19-10-11-21(22(16-19)34-5)35-15-14-31(3)4)30-23(18)32(20-8-6-7-9-20)26(2)12-13-27-24(26)33/h10-11,16-17,20H,6-9,12-15H2,1-5H3,(H,27,33)(H,28,29,30). The lowest BCUT2D eigenvalue weighted by Gasteiger charge is -2.42. The quantitative estimate of drug-likeness (QED) is 0.532. The Morgan fingerprint density at radius 1 is 1.23 bits per heavy atom. The largest absolute Gasteiger partial charge is 0.493 e. The number of rotatable bonds is 10. The number of hydrogen-bond donors (Lipinski definition) is 2. The summed E-state index contributed by atoms with van der Waals surface area (Å²) in [6, 6.07) is 6.00. The number of nitrogens with one attached hydrogen (secondary N) is 2. The third-order valence-corrected chi connectivity index (χ3v) is 7.00. The van der Waals surface area contributed by atoms with Gasteiger partial charge in [0, 0.05) is 42.6 Å². The molecule has 2 heterocycles. The number of amides is 1. The summed E-state index contributed by atoms with van der Waals surface area (Å²) in [4.78, 5) is 26.7. The third-order valence-electron chi connectivity index (χ3n) is 7.00. The first-order valence-corrected chi connectivity index (χ1v) is 12.5. The van der Waals surface area contributed by atoms with Crippen LogP contribution in [-0.4, -0.2) is 73.3 Å². The minimum atomic E-state index is -0.611. The van der Waals surface area contributed by atoms with Crippen LogP contribution in [0.5, 0.6) is 11.5 Å². The van der Waals surface area contributed by atoms with Crippen molar-refractivity contribution < 1.29 is 14.3 Å². The molecular weight excluding hydrogens is 444 g/mol. The van der Waals surface area contributed by atoms with Crippen molar-refractivity contribution in [3.63, 3.8) is 0 Å². The number of aromatic nitrogens is 2. The Kier molecular flexibility index (Phi) is 7.64. The molecule has 2 aliphatic rings. The average molecular weight is 483 g/mol. The summed E-state index contributed by atoms with van der Waals surface area (Å²) < 4.78 is 11.4. The molecule has 0 spiro atoms. The Labute approximate surface area is 208 Å². The van der Waals surface area contributed by atoms with Crippen molar-refractivity contribution in [2.75, 3.05) is 51.1 Å². The van der Waals surface area contributed by atoms with Crippen LogP contribution >= 0.6 is 0 Å². The van der Waals surface area contributed by atoms with Gasteiger partial charge in [0.05, 0.1) is 7.11 Å². The molecule has 0 radical (unpaired) electrons. The molecule has 9 heteroatoms. The number of carbonyl (C=O) groups is 1. The Bertz CT molecular complexity index is 1040. The molecule has 9 nitrogen and oxygen atoms in total. The van der Waals surface area contributed by atoms with Crippen molar-refractivity contribution in [1.82, 2.24) is 20.2 Å². The van der Waals surface area contributed by atoms with Crippen LogP contribution < -0.4 is 25.0 Å². The van der Waals surface area contributed by atoms with Crippen LogP contribution in [0.25, 0.3) is 0 Å². The maximum absolute atomic E-state index is 12.9. The van der Waals surface area contributed by atoms with Crippen LogP contribution in [-0.2, 0) is 4.79 Å². The van der Waals surface area contributed by atoms with E-state index in [1.807, 2.05) is 52.3 Å². The minimum Gasteiger partial charge on any atom is -0.493 e. The molecule has 4 rings (SSSR count). The van der Waals surface area contributed by atoms with Crippen LogP contribution in [0.4, 0.5) is 17.5 Å². The fourth-order valence-electron chi connectivity index (χ4n) is 4.99. The molecule has 1 saturated carbocycles. The van der Waals surface area contributed by atoms with Gasteiger partial charge in [0.1, 0.15) is 18.0 Å². The SMILES string of the molecule is COc1cc(Nc2ncc(C)c(N(C3CCCC3)C3(C)CCNC3=O)n2)ccc1OCCN(C)C. The highest BCUT2D eigenvalue weighted by molar-refractivity contribution is 5.91. The maximum atomic E-state index is 12.9. The van der Waals surface area contributed by atoms with Gasteiger partial charge < -0.3 is 29.9 Å². The van der Waals surface area contributed by atoms with Crippen LogP contribution in [0.1, 0.15) is 44.6 Å². The number of carbonyl (C=O) groups excluding carboxylic acids is 1. The number of hydrogen-bond acceptors (Lipinski definition) is 8. The van der Waals surface area contributed by atoms with E-state index in [1.54, 1.807) is 7.11 Å². The zero-order valence-corrected chi connectivity index (χ0v) is 21.6. The summed E-state index contributed by atoms with van der Waals surface area (Å²) in [7, 11) is 5.65. The molecule has 2 aromatic rings. The van der Waals surface area contributed by atoms with Gasteiger partial charge in [0.2, 0.25) is 11.9 Å². The predicted octanol–water partition coefficient (Wildman–Crippen LogP) is 3.51. The number of aryl methyl sites for hydroxylation is 1. The maximum Gasteiger partial charge on any atom is 0.245 e. The van der Waals surface area contributed by atoms with Crippen LogP contribution in [0.2, 0.25) is 0 Å². The fourth-order valence-corrected chi connectivity index (χ4v) is 4.99. The predicted molar refractivity (Wildman–Crippen MR) is 138 cm³/mol. The van der Waals surface area contributed by atoms with Gasteiger partial charge in [-0.25, -0.2) is 4.98 Å². The molecule has 1 aromatic carbocycles. The Morgan fingerprint density at radius 3 is 2.66 bits per heavy atom. The molecule has 1 aliphatic heterocycles. The molecule has 190 valence electrons. The van der Waals surface area contributed by atoms with Gasteiger partial charge in [0.25, 0.3) is 0 Å². The first-order chi connectivity index (χ1) is 16.8. The zero-order chi connectivity index (χ0) is 25.0. The molecule has 2 N–H and O–H groups in total. The summed E-state index contributed by atoms with van der Waals surface area (Å²) in [5.41, 5.74) is 1.15. The van der Waals surface area contributed by atoms with Crippen molar-refractivity contribution in [3.05, 3.63) is 30.0 Å². The van der Waals surface area contributed by atoms with Crippen LogP contribution in [0, 0.1) is 6.92 Å². The lowest BCUT2D eigenvalue weighted by molar-refractivity contribution is -0.123. The second-order valence-corrected chi connectivity index (χ2v) is 9.93. The number of anilines is 3. The molecule has 35 heavy (non-hydrogen) atoms. The highest BCUT2D eigenvalue weighted by atomic mass is 16.5. The molecule has 0 bridgehead atoms. The van der Waals surface area contributed by atoms with Crippen LogP contribution in [0.3, 0.4) is 0 Å². The highest BCUT2D eigenvalue weighted by Crippen LogP contribution is 2.38. The van der Waals surface area contributed by atoms with Crippen molar-refractivity contribution in [2.24, 2.45) is 0 Å². The van der Waals surface area contributed by atoms with E-state index in [9.17, 15) is 4.79 Å². The number of likely N-dealkylation sites (N-methyl/N-ethyl adjacent to an activating group) is 1. The van der Waals surface area contributed by atoms with Gasteiger partial charge in [-0.1, -0.05) is 12.8 Å². The summed E-state index contributed by atoms with van der Waals surface area (Å²) in [5.74, 6) is 2.72. The normalized spacial score (nSPS) is 20.2. The number of nitrogens with zero attached hydrogens (tertiary/aromatic N) is 4. The molecule has 2 fully saturated rings. The highest BCUT2D eigenvalue weighted by Gasteiger charge is 2.47. The van der Waals surface area contributed by atoms with Gasteiger partial charge in [0.15, 0.2) is 11.5 Å². The molecule has 1 atom stereocenters. The molecule has 1 aliphatic carbocycles. The Morgan fingerprint density at radius 2 is 2.00 bits per heavy atom. The third kappa shape index (κ3) is 5.45. The number of methoxy groups -OCH3 is 1. The van der Waals surface area contributed by atoms with Gasteiger partial charge in [-0.05, 0) is 59.3 Å². The Balaban J connectivity index is 1.59. The van der Waals surface area contributed by atoms with Gasteiger partial charge in [-0.2, -0.15) is 4.98 Å². The van der Waals surface area contributed by atoms with E-state index < -0.39 is 5.54 Å². The Hall–Kier alpha value is -3.07. The van der Waals surface area contributed by atoms with E-state index in [0.717, 1.165) is 42.9 Å². The van der Waals surface area contributed by atoms with Gasteiger partial charge in [-0.3, -0.25) is 4.79 Å². The second kappa shape index (κ2) is 10.7. The first-order valence-electron chi connectivity index (χ1n) is 12.5. The van der Waals surface area contributed by atoms with E-state index >= 15 is 0 Å². The zero-order valence-electron chi connectivity index (χ0n) is 21.6. The lowest BCUT2D eigenvalue weighted by atomic mass is 9.94. The summed E-state index contributed by atoms with van der Waals surface area (Å²) in [6.45, 7) is 6.14. The second-order valence-electron chi connectivity index (χ2n) is 9.93. The molecule has 1 amide bonds. The summed E-state index contributed by atoms with van der Waals surface area (Å²) in [6.07, 6.45) is 7.09. The van der Waals surface area contributed by atoms with Gasteiger partial charge >= 0.3 is 0 Å². The van der Waals surface area contributed by atoms with Crippen molar-refractivity contribution >= 4 is 23.4 Å². The van der Waals surface area contributed by atoms with Crippen LogP contribution in [0.15, 0.2) is 24.4 Å². The van der Waals surface area contributed by atoms with Crippen molar-refractivity contribution in [2.45, 2.75) is 57.5 Å². The van der Waals surface area contributed by atoms with E-state index in [2.05, 4.69) is 25.4 Å². The molecular formula is C26H38N6O3. The monoisotopic (exact) mass is 482 g/mol. The van der Waals surface area contributed by atoms with E-state index in [4.69, 9.17) is 14.5 Å². The topological polar surface area (TPSA) is 91.9 Å². The van der Waals surface area contributed by atoms with Gasteiger partial charge in [-0.15, -0.1) is 0 Å². The minimum absolute atomic E-state index is 0.0755. The fraction of sp³-hybridized carbons (Fsp3) is 0.577. The van der Waals surface area contributed by atoms with E-state index in [1.165, 1.54) is 12.8 Å².